The largest absolute Gasteiger partial charge is 0.416 e. The predicted molar refractivity (Wildman–Crippen MR) is 103 cm³/mol. The van der Waals surface area contributed by atoms with Crippen LogP contribution in [0.15, 0.2) is 66.0 Å². The molecular weight excluding hydrogens is 382 g/mol. The van der Waals surface area contributed by atoms with Gasteiger partial charge in [0.2, 0.25) is 0 Å². The normalized spacial score (nSPS) is 18.7. The number of carbonyl (C=O) groups excluding carboxylic acids is 1. The maximum Gasteiger partial charge on any atom is 0.416 e. The molecule has 2 nitrogen and oxygen atoms in total. The molecule has 0 saturated heterocycles. The molecule has 0 saturated carbocycles. The van der Waals surface area contributed by atoms with Crippen LogP contribution in [-0.4, -0.2) is 5.91 Å². The Kier molecular flexibility index (Phi) is 5.03. The maximum absolute atomic E-state index is 14.6. The van der Waals surface area contributed by atoms with Gasteiger partial charge in [-0.15, -0.1) is 0 Å². The lowest BCUT2D eigenvalue weighted by molar-refractivity contribution is -0.137. The van der Waals surface area contributed by atoms with Crippen LogP contribution in [0.5, 0.6) is 0 Å². The number of hydrogen-bond donors (Lipinski definition) is 1. The van der Waals surface area contributed by atoms with E-state index in [0.717, 1.165) is 31.4 Å². The number of fused-ring (bicyclic) bond motifs is 1. The molecule has 2 aromatic carbocycles. The molecule has 2 aliphatic rings. The highest BCUT2D eigenvalue weighted by molar-refractivity contribution is 6.05. The molecule has 1 amide bonds. The van der Waals surface area contributed by atoms with Crippen LogP contribution in [0.3, 0.4) is 0 Å². The van der Waals surface area contributed by atoms with Crippen molar-refractivity contribution in [1.82, 2.24) is 0 Å². The number of alkyl halides is 3. The number of anilines is 1. The van der Waals surface area contributed by atoms with Crippen LogP contribution in [-0.2, 0) is 23.8 Å². The fourth-order valence-corrected chi connectivity index (χ4v) is 4.00. The summed E-state index contributed by atoms with van der Waals surface area (Å²) in [5, 5.41) is 2.76. The molecule has 2 aromatic rings. The van der Waals surface area contributed by atoms with Crippen LogP contribution in [0.25, 0.3) is 0 Å². The van der Waals surface area contributed by atoms with Gasteiger partial charge in [-0.05, 0) is 72.7 Å². The minimum absolute atomic E-state index is 0.0623. The van der Waals surface area contributed by atoms with Crippen molar-refractivity contribution in [1.29, 1.82) is 0 Å². The monoisotopic (exact) mass is 401 g/mol. The number of benzene rings is 2. The van der Waals surface area contributed by atoms with Gasteiger partial charge in [-0.3, -0.25) is 4.79 Å². The van der Waals surface area contributed by atoms with Crippen LogP contribution in [0.2, 0.25) is 0 Å². The maximum atomic E-state index is 14.6. The molecule has 4 rings (SSSR count). The van der Waals surface area contributed by atoms with Crippen molar-refractivity contribution in [3.8, 4) is 0 Å². The average Bonchev–Trinajstić information content (AvgIpc) is 3.15. The molecule has 0 fully saturated rings. The Bertz CT molecular complexity index is 1000. The van der Waals surface area contributed by atoms with Crippen molar-refractivity contribution in [3.63, 3.8) is 0 Å². The van der Waals surface area contributed by atoms with Gasteiger partial charge in [0.15, 0.2) is 0 Å². The van der Waals surface area contributed by atoms with E-state index < -0.39 is 29.4 Å². The Labute approximate surface area is 165 Å². The molecule has 1 atom stereocenters. The van der Waals surface area contributed by atoms with Gasteiger partial charge in [0.05, 0.1) is 11.1 Å². The minimum Gasteiger partial charge on any atom is -0.322 e. The summed E-state index contributed by atoms with van der Waals surface area (Å²) in [5.41, 5.74) is 2.67. The third-order valence-corrected chi connectivity index (χ3v) is 5.48. The molecule has 0 aliphatic heterocycles. The summed E-state index contributed by atoms with van der Waals surface area (Å²) in [6, 6.07) is 10.2. The molecule has 1 N–H and O–H groups in total. The van der Waals surface area contributed by atoms with E-state index in [2.05, 4.69) is 5.32 Å². The molecule has 0 bridgehead atoms. The smallest absolute Gasteiger partial charge is 0.322 e. The first-order valence-corrected chi connectivity index (χ1v) is 9.49. The lowest BCUT2D eigenvalue weighted by atomic mass is 9.84. The van der Waals surface area contributed by atoms with Crippen molar-refractivity contribution in [3.05, 3.63) is 88.3 Å². The van der Waals surface area contributed by atoms with Crippen molar-refractivity contribution >= 4 is 11.6 Å². The van der Waals surface area contributed by atoms with E-state index in [-0.39, 0.29) is 5.57 Å². The van der Waals surface area contributed by atoms with Gasteiger partial charge in [-0.25, -0.2) is 4.39 Å². The molecule has 0 radical (unpaired) electrons. The number of amides is 1. The highest BCUT2D eigenvalue weighted by Gasteiger charge is 2.32. The fraction of sp³-hybridized carbons (Fsp3) is 0.261. The van der Waals surface area contributed by atoms with Gasteiger partial charge < -0.3 is 5.32 Å². The van der Waals surface area contributed by atoms with Gasteiger partial charge in [0.1, 0.15) is 5.83 Å². The zero-order valence-corrected chi connectivity index (χ0v) is 15.5. The van der Waals surface area contributed by atoms with Crippen LogP contribution < -0.4 is 5.32 Å². The van der Waals surface area contributed by atoms with E-state index in [1.165, 1.54) is 29.3 Å². The van der Waals surface area contributed by atoms with Crippen molar-refractivity contribution < 1.29 is 22.4 Å². The first kappa shape index (κ1) is 19.4. The third kappa shape index (κ3) is 3.97. The molecule has 0 heterocycles. The summed E-state index contributed by atoms with van der Waals surface area (Å²) in [6.07, 6.45) is 1.76. The van der Waals surface area contributed by atoms with E-state index >= 15 is 0 Å². The van der Waals surface area contributed by atoms with E-state index in [1.54, 1.807) is 12.1 Å². The lowest BCUT2D eigenvalue weighted by Gasteiger charge is -2.23. The first-order valence-electron chi connectivity index (χ1n) is 9.49. The Hall–Kier alpha value is -2.89. The summed E-state index contributed by atoms with van der Waals surface area (Å²) in [6.45, 7) is 0. The van der Waals surface area contributed by atoms with Gasteiger partial charge in [-0.2, -0.15) is 13.2 Å². The highest BCUT2D eigenvalue weighted by atomic mass is 19.4. The third-order valence-electron chi connectivity index (χ3n) is 5.48. The number of carbonyl (C=O) groups is 1. The summed E-state index contributed by atoms with van der Waals surface area (Å²) in [5.74, 6) is -1.88. The van der Waals surface area contributed by atoms with Crippen LogP contribution >= 0.6 is 0 Å². The molecule has 150 valence electrons. The van der Waals surface area contributed by atoms with Crippen LogP contribution in [0.4, 0.5) is 23.2 Å². The molecule has 0 aromatic heterocycles. The fourth-order valence-electron chi connectivity index (χ4n) is 4.00. The van der Waals surface area contributed by atoms with Gasteiger partial charge in [-0.1, -0.05) is 24.3 Å². The second-order valence-corrected chi connectivity index (χ2v) is 7.36. The SMILES string of the molecule is O=C(Nc1ccc2c(c1)CCC2)C1=C(F)C=CCC1c1ccc(C(F)(F)F)cc1. The molecule has 29 heavy (non-hydrogen) atoms. The van der Waals surface area contributed by atoms with Crippen LogP contribution in [0.1, 0.15) is 41.0 Å². The summed E-state index contributed by atoms with van der Waals surface area (Å²) < 4.78 is 53.0. The Balaban J connectivity index is 1.59. The topological polar surface area (TPSA) is 29.1 Å². The first-order chi connectivity index (χ1) is 13.8. The molecule has 1 unspecified atom stereocenters. The zero-order valence-electron chi connectivity index (χ0n) is 15.5. The molecular formula is C23H19F4NO. The van der Waals surface area contributed by atoms with Crippen LogP contribution in [0, 0.1) is 0 Å². The Morgan fingerprint density at radius 3 is 2.45 bits per heavy atom. The van der Waals surface area contributed by atoms with Crippen molar-refractivity contribution in [2.75, 3.05) is 5.32 Å². The summed E-state index contributed by atoms with van der Waals surface area (Å²) in [4.78, 5) is 12.9. The Morgan fingerprint density at radius 2 is 1.72 bits per heavy atom. The van der Waals surface area contributed by atoms with Crippen molar-refractivity contribution in [2.45, 2.75) is 37.8 Å². The number of halogens is 4. The van der Waals surface area contributed by atoms with E-state index in [4.69, 9.17) is 0 Å². The minimum atomic E-state index is -4.44. The number of hydrogen-bond acceptors (Lipinski definition) is 1. The number of aryl methyl sites for hydroxylation is 2. The van der Waals surface area contributed by atoms with E-state index in [1.807, 2.05) is 12.1 Å². The predicted octanol–water partition coefficient (Wildman–Crippen LogP) is 6.10. The number of rotatable bonds is 3. The molecule has 0 spiro atoms. The lowest BCUT2D eigenvalue weighted by Crippen LogP contribution is -2.22. The molecule has 2 aliphatic carbocycles. The standard InChI is InChI=1S/C23H19F4NO/c24-20-6-2-5-19(15-7-10-17(11-8-15)23(25,26)27)21(20)22(29)28-18-12-9-14-3-1-4-16(14)13-18/h2,6-13,19H,1,3-5H2,(H,28,29). The quantitative estimate of drug-likeness (QED) is 0.619. The van der Waals surface area contributed by atoms with Gasteiger partial charge in [0, 0.05) is 11.6 Å². The highest BCUT2D eigenvalue weighted by Crippen LogP contribution is 2.37. The zero-order chi connectivity index (χ0) is 20.6. The number of nitrogens with one attached hydrogen (secondary N) is 1. The Morgan fingerprint density at radius 1 is 1.00 bits per heavy atom. The van der Waals surface area contributed by atoms with E-state index in [9.17, 15) is 22.4 Å². The second kappa shape index (κ2) is 7.50. The van der Waals surface area contributed by atoms with Gasteiger partial charge >= 0.3 is 6.18 Å². The van der Waals surface area contributed by atoms with Gasteiger partial charge in [0.25, 0.3) is 5.91 Å². The summed E-state index contributed by atoms with van der Waals surface area (Å²) >= 11 is 0. The number of allylic oxidation sites excluding steroid dienone is 3. The average molecular weight is 401 g/mol. The summed E-state index contributed by atoms with van der Waals surface area (Å²) in [7, 11) is 0. The molecule has 6 heteroatoms. The van der Waals surface area contributed by atoms with Crippen molar-refractivity contribution in [2.24, 2.45) is 0 Å². The second-order valence-electron chi connectivity index (χ2n) is 7.36. The van der Waals surface area contributed by atoms with E-state index in [0.29, 0.717) is 17.7 Å².